The summed E-state index contributed by atoms with van der Waals surface area (Å²) in [6.45, 7) is 5.91. The highest BCUT2D eigenvalue weighted by atomic mass is 32.1. The zero-order valence-corrected chi connectivity index (χ0v) is 21.4. The number of hydrogen-bond donors (Lipinski definition) is 3. The first kappa shape index (κ1) is 26.0. The van der Waals surface area contributed by atoms with Crippen molar-refractivity contribution >= 4 is 46.6 Å². The Balaban J connectivity index is 1.34. The number of anilines is 1. The third kappa shape index (κ3) is 6.20. The normalized spacial score (nSPS) is 11.6. The molecule has 0 radical (unpaired) electrons. The molecule has 2 aromatic carbocycles. The van der Waals surface area contributed by atoms with E-state index in [0.29, 0.717) is 34.7 Å². The largest absolute Gasteiger partial charge is 0.444 e. The highest BCUT2D eigenvalue weighted by Gasteiger charge is 2.16. The molecular formula is C25H27FN6O4S. The molecule has 4 aromatic rings. The van der Waals surface area contributed by atoms with Gasteiger partial charge in [0.15, 0.2) is 0 Å². The van der Waals surface area contributed by atoms with E-state index in [4.69, 9.17) is 17.0 Å². The molecule has 3 N–H and O–H groups in total. The van der Waals surface area contributed by atoms with Gasteiger partial charge in [-0.1, -0.05) is 12.1 Å². The molecule has 2 aromatic heterocycles. The Hall–Kier alpha value is -4.06. The fourth-order valence-electron chi connectivity index (χ4n) is 3.84. The Labute approximate surface area is 216 Å². The lowest BCUT2D eigenvalue weighted by molar-refractivity contribution is -0.120. The van der Waals surface area contributed by atoms with Crippen LogP contribution in [-0.2, 0) is 22.5 Å². The fourth-order valence-corrected chi connectivity index (χ4v) is 4.07. The molecule has 0 aliphatic rings. The van der Waals surface area contributed by atoms with Crippen molar-refractivity contribution in [2.24, 2.45) is 0 Å². The van der Waals surface area contributed by atoms with E-state index in [-0.39, 0.29) is 29.8 Å². The monoisotopic (exact) mass is 526 g/mol. The zero-order valence-electron chi connectivity index (χ0n) is 20.6. The van der Waals surface area contributed by atoms with Gasteiger partial charge in [-0.15, -0.1) is 5.10 Å². The number of benzene rings is 2. The zero-order chi connectivity index (χ0) is 26.7. The molecule has 0 bridgehead atoms. The molecule has 0 saturated carbocycles. The maximum Gasteiger partial charge on any atom is 0.412 e. The maximum absolute atomic E-state index is 13.8. The van der Waals surface area contributed by atoms with Crippen LogP contribution in [0.15, 0.2) is 47.3 Å². The smallest absolute Gasteiger partial charge is 0.412 e. The third-order valence-electron chi connectivity index (χ3n) is 5.42. The number of nitrogens with zero attached hydrogens (tertiary/aromatic N) is 3. The van der Waals surface area contributed by atoms with Crippen molar-refractivity contribution in [2.45, 2.75) is 45.8 Å². The second-order valence-electron chi connectivity index (χ2n) is 9.49. The van der Waals surface area contributed by atoms with Crippen molar-refractivity contribution in [1.82, 2.24) is 24.5 Å². The molecule has 4 rings (SSSR count). The molecular weight excluding hydrogens is 499 g/mol. The van der Waals surface area contributed by atoms with Gasteiger partial charge in [-0.3, -0.25) is 23.9 Å². The summed E-state index contributed by atoms with van der Waals surface area (Å²) in [6, 6.07) is 10.8. The molecule has 0 saturated heterocycles. The Bertz CT molecular complexity index is 1580. The van der Waals surface area contributed by atoms with Crippen molar-refractivity contribution in [1.29, 1.82) is 0 Å². The van der Waals surface area contributed by atoms with E-state index in [9.17, 15) is 18.8 Å². The lowest BCUT2D eigenvalue weighted by atomic mass is 10.1. The summed E-state index contributed by atoms with van der Waals surface area (Å²) >= 11 is 5.28. The highest BCUT2D eigenvalue weighted by molar-refractivity contribution is 7.71. The van der Waals surface area contributed by atoms with Gasteiger partial charge in [0.2, 0.25) is 16.5 Å². The van der Waals surface area contributed by atoms with Crippen molar-refractivity contribution in [3.63, 3.8) is 0 Å². The first-order chi connectivity index (χ1) is 17.5. The molecule has 194 valence electrons. The van der Waals surface area contributed by atoms with E-state index in [1.54, 1.807) is 49.4 Å². The number of H-pyrrole nitrogens is 1. The SMILES string of the molecule is CC(C)(C)OC(=O)Nc1ccc(CC(=O)NCCCn2c(=O)c3cc(F)ccc3n3c(=S)[nH]nc23)cc1. The van der Waals surface area contributed by atoms with E-state index >= 15 is 0 Å². The van der Waals surface area contributed by atoms with Crippen LogP contribution in [-0.4, -0.2) is 43.3 Å². The van der Waals surface area contributed by atoms with Gasteiger partial charge in [0.05, 0.1) is 17.3 Å². The number of fused-ring (bicyclic) bond motifs is 3. The number of nitrogens with one attached hydrogen (secondary N) is 3. The van der Waals surface area contributed by atoms with E-state index in [2.05, 4.69) is 20.8 Å². The summed E-state index contributed by atoms with van der Waals surface area (Å²) in [5, 5.41) is 12.5. The first-order valence-corrected chi connectivity index (χ1v) is 12.1. The van der Waals surface area contributed by atoms with Gasteiger partial charge in [-0.2, -0.15) is 0 Å². The quantitative estimate of drug-likeness (QED) is 0.248. The average molecular weight is 527 g/mol. The van der Waals surface area contributed by atoms with Gasteiger partial charge >= 0.3 is 6.09 Å². The molecule has 0 aliphatic heterocycles. The summed E-state index contributed by atoms with van der Waals surface area (Å²) in [5.41, 5.74) is 0.815. The number of rotatable bonds is 7. The van der Waals surface area contributed by atoms with Crippen molar-refractivity contribution < 1.29 is 18.7 Å². The number of hydrogen-bond acceptors (Lipinski definition) is 6. The number of ether oxygens (including phenoxy) is 1. The van der Waals surface area contributed by atoms with Gasteiger partial charge in [-0.05, 0) is 75.3 Å². The molecule has 0 spiro atoms. The highest BCUT2D eigenvalue weighted by Crippen LogP contribution is 2.15. The minimum absolute atomic E-state index is 0.153. The van der Waals surface area contributed by atoms with Crippen LogP contribution in [0.25, 0.3) is 16.7 Å². The minimum atomic E-state index is -0.598. The topological polar surface area (TPSA) is 123 Å². The minimum Gasteiger partial charge on any atom is -0.444 e. The lowest BCUT2D eigenvalue weighted by Crippen LogP contribution is -2.29. The molecule has 0 atom stereocenters. The van der Waals surface area contributed by atoms with Crippen LogP contribution in [0.1, 0.15) is 32.8 Å². The predicted octanol–water partition coefficient (Wildman–Crippen LogP) is 3.94. The van der Waals surface area contributed by atoms with Gasteiger partial charge in [0.1, 0.15) is 11.4 Å². The number of amides is 2. The molecule has 10 nitrogen and oxygen atoms in total. The standard InChI is InChI=1S/C25H27FN6O4S/c1-25(2,3)36-24(35)28-17-8-5-15(6-9-17)13-20(33)27-11-4-12-31-21(34)18-14-16(26)7-10-19(18)32-22(31)29-30-23(32)37/h5-10,14H,4,11-13H2,1-3H3,(H,27,33)(H,28,35)(H,30,37). The average Bonchev–Trinajstić information content (AvgIpc) is 3.20. The van der Waals surface area contributed by atoms with Gasteiger partial charge in [-0.25, -0.2) is 14.3 Å². The van der Waals surface area contributed by atoms with Crippen LogP contribution < -0.4 is 16.2 Å². The molecule has 2 amide bonds. The van der Waals surface area contributed by atoms with Gasteiger partial charge in [0, 0.05) is 18.8 Å². The number of halogens is 1. The summed E-state index contributed by atoms with van der Waals surface area (Å²) in [6.07, 6.45) is 0.0457. The Morgan fingerprint density at radius 2 is 1.89 bits per heavy atom. The molecule has 12 heteroatoms. The second kappa shape index (κ2) is 10.5. The summed E-state index contributed by atoms with van der Waals surface area (Å²) in [5.74, 6) is -0.389. The summed E-state index contributed by atoms with van der Waals surface area (Å²) in [7, 11) is 0. The van der Waals surface area contributed by atoms with Crippen LogP contribution in [0.3, 0.4) is 0 Å². The maximum atomic E-state index is 13.8. The molecule has 0 fully saturated rings. The number of aryl methyl sites for hydroxylation is 1. The van der Waals surface area contributed by atoms with Crippen LogP contribution >= 0.6 is 12.2 Å². The Morgan fingerprint density at radius 1 is 1.16 bits per heavy atom. The van der Waals surface area contributed by atoms with Crippen molar-refractivity contribution in [2.75, 3.05) is 11.9 Å². The van der Waals surface area contributed by atoms with Gasteiger partial charge in [0.25, 0.3) is 5.56 Å². The molecule has 37 heavy (non-hydrogen) atoms. The van der Waals surface area contributed by atoms with Crippen LogP contribution in [0.4, 0.5) is 14.9 Å². The van der Waals surface area contributed by atoms with E-state index in [0.717, 1.165) is 5.56 Å². The summed E-state index contributed by atoms with van der Waals surface area (Å²) in [4.78, 5) is 37.3. The van der Waals surface area contributed by atoms with Crippen molar-refractivity contribution in [3.05, 3.63) is 69.0 Å². The number of carbonyl (C=O) groups excluding carboxylic acids is 2. The molecule has 0 aliphatic carbocycles. The number of carbonyl (C=O) groups is 2. The van der Waals surface area contributed by atoms with Crippen molar-refractivity contribution in [3.8, 4) is 0 Å². The Morgan fingerprint density at radius 3 is 2.59 bits per heavy atom. The van der Waals surface area contributed by atoms with E-state index in [1.165, 1.54) is 22.8 Å². The molecule has 0 unspecified atom stereocenters. The van der Waals surface area contributed by atoms with E-state index < -0.39 is 17.5 Å². The number of aromatic amines is 1. The van der Waals surface area contributed by atoms with Crippen LogP contribution in [0, 0.1) is 10.6 Å². The van der Waals surface area contributed by atoms with E-state index in [1.807, 2.05) is 0 Å². The fraction of sp³-hybridized carbons (Fsp3) is 0.320. The molecule has 2 heterocycles. The predicted molar refractivity (Wildman–Crippen MR) is 140 cm³/mol. The van der Waals surface area contributed by atoms with Crippen LogP contribution in [0.5, 0.6) is 0 Å². The Kier molecular flexibility index (Phi) is 7.39. The van der Waals surface area contributed by atoms with Crippen LogP contribution in [0.2, 0.25) is 0 Å². The van der Waals surface area contributed by atoms with Gasteiger partial charge < -0.3 is 10.1 Å². The number of aromatic nitrogens is 4. The third-order valence-corrected chi connectivity index (χ3v) is 5.69. The lowest BCUT2D eigenvalue weighted by Gasteiger charge is -2.19. The first-order valence-electron chi connectivity index (χ1n) is 11.7. The summed E-state index contributed by atoms with van der Waals surface area (Å²) < 4.78 is 22.3. The second-order valence-corrected chi connectivity index (χ2v) is 9.87.